The van der Waals surface area contributed by atoms with Gasteiger partial charge in [-0.25, -0.2) is 4.99 Å². The van der Waals surface area contributed by atoms with Crippen LogP contribution < -0.4 is 5.43 Å². The van der Waals surface area contributed by atoms with Crippen molar-refractivity contribution in [2.24, 2.45) is 10.1 Å². The second-order valence-corrected chi connectivity index (χ2v) is 7.13. The molecule has 0 saturated heterocycles. The number of rotatable bonds is 3. The molecule has 25 heavy (non-hydrogen) atoms. The summed E-state index contributed by atoms with van der Waals surface area (Å²) in [5.41, 5.74) is 8.19. The van der Waals surface area contributed by atoms with Gasteiger partial charge in [-0.05, 0) is 47.2 Å². The minimum absolute atomic E-state index is 0.442. The predicted molar refractivity (Wildman–Crippen MR) is 104 cm³/mol. The fourth-order valence-corrected chi connectivity index (χ4v) is 3.42. The van der Waals surface area contributed by atoms with Gasteiger partial charge in [-0.3, -0.25) is 10.4 Å². The number of hydrogen-bond acceptors (Lipinski definition) is 5. The van der Waals surface area contributed by atoms with Gasteiger partial charge in [0.15, 0.2) is 5.84 Å². The number of aliphatic imine (C=N–C) groups is 1. The van der Waals surface area contributed by atoms with Crippen LogP contribution in [0.3, 0.4) is 0 Å². The quantitative estimate of drug-likeness (QED) is 0.747. The fraction of sp³-hybridized carbons (Fsp3) is 0.150. The number of thiophene rings is 1. The lowest BCUT2D eigenvalue weighted by Crippen LogP contribution is -2.18. The molecule has 1 aliphatic rings. The third-order valence-electron chi connectivity index (χ3n) is 4.14. The first-order valence-electron chi connectivity index (χ1n) is 8.23. The van der Waals surface area contributed by atoms with Crippen molar-refractivity contribution in [2.45, 2.75) is 19.8 Å². The average molecular weight is 346 g/mol. The maximum Gasteiger partial charge on any atom is 0.164 e. The van der Waals surface area contributed by atoms with Crippen LogP contribution in [0.15, 0.2) is 70.3 Å². The molecular weight excluding hydrogens is 328 g/mol. The largest absolute Gasteiger partial charge is 0.264 e. The SMILES string of the molecule is CC(C)c1ccc2c(c1)C(c1cccnc1)=NNC(c1cccs1)=N2. The molecule has 4 rings (SSSR count). The van der Waals surface area contributed by atoms with Crippen molar-refractivity contribution in [1.29, 1.82) is 0 Å². The van der Waals surface area contributed by atoms with Crippen LogP contribution in [0.2, 0.25) is 0 Å². The number of nitrogens with zero attached hydrogens (tertiary/aromatic N) is 3. The highest BCUT2D eigenvalue weighted by molar-refractivity contribution is 7.12. The number of hydrazone groups is 1. The molecule has 1 N–H and O–H groups in total. The van der Waals surface area contributed by atoms with E-state index < -0.39 is 0 Å². The molecule has 2 aromatic heterocycles. The van der Waals surface area contributed by atoms with Gasteiger partial charge in [0.25, 0.3) is 0 Å². The van der Waals surface area contributed by atoms with Crippen LogP contribution in [-0.2, 0) is 0 Å². The Balaban J connectivity index is 1.90. The van der Waals surface area contributed by atoms with Crippen molar-refractivity contribution in [2.75, 3.05) is 0 Å². The molecule has 1 aromatic carbocycles. The molecule has 3 aromatic rings. The number of nitrogens with one attached hydrogen (secondary N) is 1. The van der Waals surface area contributed by atoms with Crippen molar-refractivity contribution in [1.82, 2.24) is 10.4 Å². The minimum Gasteiger partial charge on any atom is -0.264 e. The molecule has 0 bridgehead atoms. The summed E-state index contributed by atoms with van der Waals surface area (Å²) in [5.74, 6) is 1.21. The molecule has 3 heterocycles. The monoisotopic (exact) mass is 346 g/mol. The maximum atomic E-state index is 4.84. The van der Waals surface area contributed by atoms with Gasteiger partial charge in [-0.1, -0.05) is 26.0 Å². The van der Waals surface area contributed by atoms with E-state index in [1.807, 2.05) is 35.8 Å². The molecule has 0 atom stereocenters. The molecule has 0 saturated carbocycles. The summed E-state index contributed by atoms with van der Waals surface area (Å²) >= 11 is 1.64. The van der Waals surface area contributed by atoms with E-state index in [0.29, 0.717) is 5.92 Å². The van der Waals surface area contributed by atoms with E-state index in [0.717, 1.165) is 33.2 Å². The van der Waals surface area contributed by atoms with Crippen molar-refractivity contribution >= 4 is 28.6 Å². The second kappa shape index (κ2) is 6.61. The summed E-state index contributed by atoms with van der Waals surface area (Å²) < 4.78 is 0. The van der Waals surface area contributed by atoms with Gasteiger partial charge < -0.3 is 0 Å². The number of pyridine rings is 1. The summed E-state index contributed by atoms with van der Waals surface area (Å²) in [6.07, 6.45) is 3.61. The van der Waals surface area contributed by atoms with Crippen LogP contribution in [-0.4, -0.2) is 16.5 Å². The molecule has 0 amide bonds. The van der Waals surface area contributed by atoms with Crippen LogP contribution in [0.5, 0.6) is 0 Å². The van der Waals surface area contributed by atoms with Crippen LogP contribution >= 0.6 is 11.3 Å². The first-order chi connectivity index (χ1) is 12.2. The van der Waals surface area contributed by atoms with Gasteiger partial charge in [0.1, 0.15) is 5.71 Å². The third-order valence-corrected chi connectivity index (χ3v) is 5.01. The van der Waals surface area contributed by atoms with Crippen LogP contribution in [0.4, 0.5) is 5.69 Å². The highest BCUT2D eigenvalue weighted by Crippen LogP contribution is 2.29. The molecule has 1 aliphatic heterocycles. The first-order valence-corrected chi connectivity index (χ1v) is 9.11. The highest BCUT2D eigenvalue weighted by Gasteiger charge is 2.18. The number of fused-ring (bicyclic) bond motifs is 1. The third kappa shape index (κ3) is 3.10. The summed E-state index contributed by atoms with van der Waals surface area (Å²) in [4.78, 5) is 10.1. The van der Waals surface area contributed by atoms with E-state index in [9.17, 15) is 0 Å². The predicted octanol–water partition coefficient (Wildman–Crippen LogP) is 4.70. The Morgan fingerprint density at radius 2 is 2.00 bits per heavy atom. The number of aromatic nitrogens is 1. The maximum absolute atomic E-state index is 4.84. The van der Waals surface area contributed by atoms with Gasteiger partial charge in [-0.15, -0.1) is 11.3 Å². The summed E-state index contributed by atoms with van der Waals surface area (Å²) in [6.45, 7) is 4.38. The Kier molecular flexibility index (Phi) is 4.15. The standard InChI is InChI=1S/C20H18N4S/c1-13(2)14-7-8-17-16(11-14)19(15-5-3-9-21-12-15)23-24-20(22-17)18-6-4-10-25-18/h3-13H,1-2H3,(H,22,24). The minimum atomic E-state index is 0.442. The van der Waals surface area contributed by atoms with Gasteiger partial charge in [0, 0.05) is 23.5 Å². The van der Waals surface area contributed by atoms with Crippen LogP contribution in [0.25, 0.3) is 0 Å². The molecule has 5 heteroatoms. The zero-order valence-corrected chi connectivity index (χ0v) is 14.9. The van der Waals surface area contributed by atoms with Crippen LogP contribution in [0, 0.1) is 0 Å². The van der Waals surface area contributed by atoms with Crippen molar-refractivity contribution in [3.8, 4) is 0 Å². The lowest BCUT2D eigenvalue weighted by Gasteiger charge is -2.11. The lowest BCUT2D eigenvalue weighted by molar-refractivity contribution is 0.866. The Labute approximate surface area is 151 Å². The van der Waals surface area contributed by atoms with E-state index in [2.05, 4.69) is 47.6 Å². The second-order valence-electron chi connectivity index (χ2n) is 6.18. The number of hydrogen-bond donors (Lipinski definition) is 1. The fourth-order valence-electron chi connectivity index (χ4n) is 2.76. The Morgan fingerprint density at radius 3 is 2.72 bits per heavy atom. The smallest absolute Gasteiger partial charge is 0.164 e. The molecule has 4 nitrogen and oxygen atoms in total. The number of amidine groups is 1. The molecule has 0 unspecified atom stereocenters. The molecule has 0 radical (unpaired) electrons. The zero-order valence-electron chi connectivity index (χ0n) is 14.1. The molecule has 0 spiro atoms. The van der Waals surface area contributed by atoms with Gasteiger partial charge in [0.2, 0.25) is 0 Å². The normalized spacial score (nSPS) is 13.6. The summed E-state index contributed by atoms with van der Waals surface area (Å²) in [7, 11) is 0. The average Bonchev–Trinajstić information content (AvgIpc) is 3.10. The van der Waals surface area contributed by atoms with Crippen molar-refractivity contribution in [3.63, 3.8) is 0 Å². The van der Waals surface area contributed by atoms with E-state index in [4.69, 9.17) is 4.99 Å². The van der Waals surface area contributed by atoms with Gasteiger partial charge in [0.05, 0.1) is 10.6 Å². The van der Waals surface area contributed by atoms with E-state index >= 15 is 0 Å². The van der Waals surface area contributed by atoms with Crippen molar-refractivity contribution in [3.05, 3.63) is 81.8 Å². The molecular formula is C20H18N4S. The van der Waals surface area contributed by atoms with Crippen LogP contribution in [0.1, 0.15) is 41.3 Å². The Hall–Kier alpha value is -2.79. The first kappa shape index (κ1) is 15.7. The number of benzene rings is 1. The van der Waals surface area contributed by atoms with Gasteiger partial charge in [-0.2, -0.15) is 5.10 Å². The Morgan fingerprint density at radius 1 is 1.08 bits per heavy atom. The molecule has 124 valence electrons. The topological polar surface area (TPSA) is 49.6 Å². The molecule has 0 aliphatic carbocycles. The van der Waals surface area contributed by atoms with E-state index in [1.54, 1.807) is 17.5 Å². The molecule has 0 fully saturated rings. The summed E-state index contributed by atoms with van der Waals surface area (Å²) in [6, 6.07) is 14.4. The lowest BCUT2D eigenvalue weighted by atomic mass is 9.95. The van der Waals surface area contributed by atoms with Crippen molar-refractivity contribution < 1.29 is 0 Å². The summed E-state index contributed by atoms with van der Waals surface area (Å²) in [5, 5.41) is 6.72. The van der Waals surface area contributed by atoms with E-state index in [-0.39, 0.29) is 0 Å². The van der Waals surface area contributed by atoms with Gasteiger partial charge >= 0.3 is 0 Å². The Bertz CT molecular complexity index is 941. The highest BCUT2D eigenvalue weighted by atomic mass is 32.1. The van der Waals surface area contributed by atoms with E-state index in [1.165, 1.54) is 5.56 Å². The zero-order chi connectivity index (χ0) is 17.2.